The van der Waals surface area contributed by atoms with Crippen LogP contribution in [0.25, 0.3) is 0 Å². The Morgan fingerprint density at radius 3 is 2.57 bits per heavy atom. The molecule has 0 aliphatic heterocycles. The van der Waals surface area contributed by atoms with Crippen LogP contribution in [0.1, 0.15) is 38.5 Å². The number of hydrogen-bond donors (Lipinski definition) is 1. The Bertz CT molecular complexity index is 416. The van der Waals surface area contributed by atoms with Gasteiger partial charge in [0.15, 0.2) is 6.61 Å². The van der Waals surface area contributed by atoms with Gasteiger partial charge in [0, 0.05) is 12.6 Å². The number of rotatable bonds is 7. The Hall–Kier alpha value is -1.55. The van der Waals surface area contributed by atoms with Crippen LogP contribution in [-0.2, 0) is 4.79 Å². The highest BCUT2D eigenvalue weighted by molar-refractivity contribution is 5.78. The zero-order valence-corrected chi connectivity index (χ0v) is 12.7. The molecular weight excluding hydrogens is 264 g/mol. The Balaban J connectivity index is 1.90. The van der Waals surface area contributed by atoms with Crippen LogP contribution in [0.5, 0.6) is 5.75 Å². The summed E-state index contributed by atoms with van der Waals surface area (Å²) in [6.07, 6.45) is 6.81. The molecule has 1 amide bonds. The predicted molar refractivity (Wildman–Crippen MR) is 84.2 cm³/mol. The van der Waals surface area contributed by atoms with Gasteiger partial charge in [-0.25, -0.2) is 0 Å². The zero-order valence-electron chi connectivity index (χ0n) is 12.7. The lowest BCUT2D eigenvalue weighted by molar-refractivity contribution is -0.136. The van der Waals surface area contributed by atoms with Gasteiger partial charge in [-0.15, -0.1) is 0 Å². The molecule has 0 aromatic heterocycles. The van der Waals surface area contributed by atoms with Gasteiger partial charge in [-0.05, 0) is 37.9 Å². The molecule has 1 aromatic rings. The molecule has 0 radical (unpaired) electrons. The SMILES string of the molecule is NCCCN(C(=O)COc1ccccc1)C1CCCCC1. The van der Waals surface area contributed by atoms with Gasteiger partial charge >= 0.3 is 0 Å². The topological polar surface area (TPSA) is 55.6 Å². The van der Waals surface area contributed by atoms with Gasteiger partial charge in [0.05, 0.1) is 0 Å². The van der Waals surface area contributed by atoms with E-state index < -0.39 is 0 Å². The minimum atomic E-state index is 0.0826. The summed E-state index contributed by atoms with van der Waals surface area (Å²) in [6, 6.07) is 9.87. The van der Waals surface area contributed by atoms with Crippen molar-refractivity contribution in [2.45, 2.75) is 44.6 Å². The van der Waals surface area contributed by atoms with E-state index in [1.54, 1.807) is 0 Å². The average molecular weight is 290 g/mol. The standard InChI is InChI=1S/C17H26N2O2/c18-12-7-13-19(15-8-3-1-4-9-15)17(20)14-21-16-10-5-2-6-11-16/h2,5-6,10-11,15H,1,3-4,7-9,12-14,18H2. The van der Waals surface area contributed by atoms with E-state index in [0.717, 1.165) is 31.6 Å². The molecule has 0 spiro atoms. The lowest BCUT2D eigenvalue weighted by atomic mass is 9.94. The highest BCUT2D eigenvalue weighted by Gasteiger charge is 2.25. The summed E-state index contributed by atoms with van der Waals surface area (Å²) in [5.74, 6) is 0.826. The average Bonchev–Trinajstić information content (AvgIpc) is 2.55. The van der Waals surface area contributed by atoms with Crippen LogP contribution in [0.3, 0.4) is 0 Å². The smallest absolute Gasteiger partial charge is 0.260 e. The van der Waals surface area contributed by atoms with Crippen LogP contribution >= 0.6 is 0 Å². The summed E-state index contributed by atoms with van der Waals surface area (Å²) < 4.78 is 5.60. The molecule has 4 heteroatoms. The lowest BCUT2D eigenvalue weighted by Gasteiger charge is -2.34. The summed E-state index contributed by atoms with van der Waals surface area (Å²) in [7, 11) is 0. The molecule has 0 unspecified atom stereocenters. The number of carbonyl (C=O) groups is 1. The molecule has 1 aliphatic rings. The van der Waals surface area contributed by atoms with Crippen molar-refractivity contribution in [2.24, 2.45) is 5.73 Å². The third-order valence-corrected chi connectivity index (χ3v) is 4.04. The maximum atomic E-state index is 12.5. The highest BCUT2D eigenvalue weighted by atomic mass is 16.5. The van der Waals surface area contributed by atoms with Crippen LogP contribution in [-0.4, -0.2) is 36.5 Å². The fourth-order valence-electron chi connectivity index (χ4n) is 2.91. The molecule has 1 fully saturated rings. The molecular formula is C17H26N2O2. The van der Waals surface area contributed by atoms with Crippen molar-refractivity contribution in [3.05, 3.63) is 30.3 Å². The molecule has 0 heterocycles. The summed E-state index contributed by atoms with van der Waals surface area (Å²) in [5, 5.41) is 0. The molecule has 21 heavy (non-hydrogen) atoms. The first-order chi connectivity index (χ1) is 10.3. The third-order valence-electron chi connectivity index (χ3n) is 4.04. The van der Waals surface area contributed by atoms with Crippen molar-refractivity contribution in [2.75, 3.05) is 19.7 Å². The number of benzene rings is 1. The largest absolute Gasteiger partial charge is 0.484 e. The maximum absolute atomic E-state index is 12.5. The highest BCUT2D eigenvalue weighted by Crippen LogP contribution is 2.23. The number of nitrogens with two attached hydrogens (primary N) is 1. The van der Waals surface area contributed by atoms with E-state index in [0.29, 0.717) is 12.6 Å². The molecule has 0 atom stereocenters. The molecule has 2 rings (SSSR count). The summed E-state index contributed by atoms with van der Waals surface area (Å²) in [6.45, 7) is 1.49. The summed E-state index contributed by atoms with van der Waals surface area (Å²) >= 11 is 0. The van der Waals surface area contributed by atoms with Gasteiger partial charge in [0.1, 0.15) is 5.75 Å². The number of amides is 1. The van der Waals surface area contributed by atoms with Gasteiger partial charge in [-0.3, -0.25) is 4.79 Å². The van der Waals surface area contributed by atoms with E-state index in [1.165, 1.54) is 19.3 Å². The molecule has 1 aromatic carbocycles. The van der Waals surface area contributed by atoms with E-state index in [-0.39, 0.29) is 12.5 Å². The quantitative estimate of drug-likeness (QED) is 0.839. The molecule has 0 saturated heterocycles. The normalized spacial score (nSPS) is 15.7. The van der Waals surface area contributed by atoms with E-state index in [2.05, 4.69) is 0 Å². The van der Waals surface area contributed by atoms with E-state index in [9.17, 15) is 4.79 Å². The minimum Gasteiger partial charge on any atom is -0.484 e. The number of ether oxygens (including phenoxy) is 1. The Morgan fingerprint density at radius 2 is 1.90 bits per heavy atom. The van der Waals surface area contributed by atoms with Crippen molar-refractivity contribution in [1.29, 1.82) is 0 Å². The second kappa shape index (κ2) is 8.67. The first-order valence-electron chi connectivity index (χ1n) is 7.98. The second-order valence-corrected chi connectivity index (χ2v) is 5.62. The summed E-state index contributed by atoms with van der Waals surface area (Å²) in [4.78, 5) is 14.5. The summed E-state index contributed by atoms with van der Waals surface area (Å²) in [5.41, 5.74) is 5.60. The Labute approximate surface area is 127 Å². The zero-order chi connectivity index (χ0) is 14.9. The van der Waals surface area contributed by atoms with Crippen LogP contribution in [0.2, 0.25) is 0 Å². The third kappa shape index (κ3) is 5.05. The molecule has 0 bridgehead atoms. The Morgan fingerprint density at radius 1 is 1.19 bits per heavy atom. The van der Waals surface area contributed by atoms with Gasteiger partial charge in [-0.2, -0.15) is 0 Å². The predicted octanol–water partition coefficient (Wildman–Crippen LogP) is 2.58. The molecule has 4 nitrogen and oxygen atoms in total. The number of carbonyl (C=O) groups excluding carboxylic acids is 1. The number of para-hydroxylation sites is 1. The van der Waals surface area contributed by atoms with E-state index in [1.807, 2.05) is 35.2 Å². The van der Waals surface area contributed by atoms with Crippen LogP contribution < -0.4 is 10.5 Å². The molecule has 1 aliphatic carbocycles. The Kier molecular flexibility index (Phi) is 6.54. The van der Waals surface area contributed by atoms with Crippen molar-refractivity contribution < 1.29 is 9.53 Å². The van der Waals surface area contributed by atoms with Gasteiger partial charge in [0.2, 0.25) is 0 Å². The van der Waals surface area contributed by atoms with Crippen LogP contribution in [0.15, 0.2) is 30.3 Å². The first-order valence-corrected chi connectivity index (χ1v) is 7.98. The minimum absolute atomic E-state index is 0.0826. The fraction of sp³-hybridized carbons (Fsp3) is 0.588. The fourth-order valence-corrected chi connectivity index (χ4v) is 2.91. The van der Waals surface area contributed by atoms with Crippen molar-refractivity contribution in [1.82, 2.24) is 4.90 Å². The molecule has 116 valence electrons. The van der Waals surface area contributed by atoms with Gasteiger partial charge < -0.3 is 15.4 Å². The second-order valence-electron chi connectivity index (χ2n) is 5.62. The number of nitrogens with zero attached hydrogens (tertiary/aromatic N) is 1. The van der Waals surface area contributed by atoms with E-state index >= 15 is 0 Å². The number of hydrogen-bond acceptors (Lipinski definition) is 3. The van der Waals surface area contributed by atoms with Crippen molar-refractivity contribution >= 4 is 5.91 Å². The van der Waals surface area contributed by atoms with Crippen LogP contribution in [0.4, 0.5) is 0 Å². The van der Waals surface area contributed by atoms with Gasteiger partial charge in [0.25, 0.3) is 5.91 Å². The maximum Gasteiger partial charge on any atom is 0.260 e. The van der Waals surface area contributed by atoms with Gasteiger partial charge in [-0.1, -0.05) is 37.5 Å². The monoisotopic (exact) mass is 290 g/mol. The van der Waals surface area contributed by atoms with Crippen molar-refractivity contribution in [3.8, 4) is 5.75 Å². The molecule has 2 N–H and O–H groups in total. The van der Waals surface area contributed by atoms with Crippen LogP contribution in [0, 0.1) is 0 Å². The molecule has 1 saturated carbocycles. The lowest BCUT2D eigenvalue weighted by Crippen LogP contribution is -2.44. The van der Waals surface area contributed by atoms with E-state index in [4.69, 9.17) is 10.5 Å². The first kappa shape index (κ1) is 15.8. The van der Waals surface area contributed by atoms with Crippen molar-refractivity contribution in [3.63, 3.8) is 0 Å².